The van der Waals surface area contributed by atoms with Crippen molar-refractivity contribution in [3.8, 4) is 12.3 Å². The second-order valence-electron chi connectivity index (χ2n) is 4.30. The number of amides is 2. The second kappa shape index (κ2) is 6.79. The molecular formula is C12H18N2O3. The van der Waals surface area contributed by atoms with Crippen molar-refractivity contribution in [2.24, 2.45) is 5.92 Å². The number of aliphatic carboxylic acids is 1. The fraction of sp³-hybridized carbons (Fsp3) is 0.667. The van der Waals surface area contributed by atoms with Crippen LogP contribution in [0.25, 0.3) is 0 Å². The van der Waals surface area contributed by atoms with Crippen LogP contribution in [0.2, 0.25) is 0 Å². The third kappa shape index (κ3) is 4.77. The highest BCUT2D eigenvalue weighted by Crippen LogP contribution is 2.23. The molecule has 0 radical (unpaired) electrons. The van der Waals surface area contributed by atoms with Crippen molar-refractivity contribution in [1.82, 2.24) is 10.6 Å². The molecule has 3 N–H and O–H groups in total. The van der Waals surface area contributed by atoms with Crippen LogP contribution in [0.4, 0.5) is 4.79 Å². The van der Waals surface area contributed by atoms with Crippen LogP contribution in [-0.4, -0.2) is 29.7 Å². The maximum absolute atomic E-state index is 11.4. The number of nitrogens with one attached hydrogen (secondary N) is 2. The summed E-state index contributed by atoms with van der Waals surface area (Å²) in [5, 5.41) is 13.8. The predicted molar refractivity (Wildman–Crippen MR) is 63.4 cm³/mol. The van der Waals surface area contributed by atoms with Gasteiger partial charge in [0.15, 0.2) is 0 Å². The Kier molecular flexibility index (Phi) is 5.34. The van der Waals surface area contributed by atoms with Gasteiger partial charge in [0, 0.05) is 13.0 Å². The van der Waals surface area contributed by atoms with E-state index in [9.17, 15) is 9.59 Å². The molecule has 0 heterocycles. The van der Waals surface area contributed by atoms with E-state index in [-0.39, 0.29) is 6.42 Å². The van der Waals surface area contributed by atoms with Crippen molar-refractivity contribution in [1.29, 1.82) is 0 Å². The normalized spacial score (nSPS) is 17.1. The first kappa shape index (κ1) is 13.4. The van der Waals surface area contributed by atoms with Gasteiger partial charge in [0.1, 0.15) is 6.04 Å². The van der Waals surface area contributed by atoms with E-state index < -0.39 is 18.0 Å². The van der Waals surface area contributed by atoms with Crippen LogP contribution >= 0.6 is 0 Å². The highest BCUT2D eigenvalue weighted by Gasteiger charge is 2.20. The van der Waals surface area contributed by atoms with Gasteiger partial charge in [-0.2, -0.15) is 0 Å². The van der Waals surface area contributed by atoms with Crippen LogP contribution < -0.4 is 10.6 Å². The van der Waals surface area contributed by atoms with Crippen molar-refractivity contribution < 1.29 is 14.7 Å². The number of carbonyl (C=O) groups excluding carboxylic acids is 1. The Bertz CT molecular complexity index is 316. The number of hydrogen-bond donors (Lipinski definition) is 3. The van der Waals surface area contributed by atoms with E-state index in [0.717, 1.165) is 12.8 Å². The fourth-order valence-corrected chi connectivity index (χ4v) is 1.98. The smallest absolute Gasteiger partial charge is 0.327 e. The van der Waals surface area contributed by atoms with Gasteiger partial charge >= 0.3 is 12.0 Å². The summed E-state index contributed by atoms with van der Waals surface area (Å²) in [5.41, 5.74) is 0. The van der Waals surface area contributed by atoms with Crippen LogP contribution in [0, 0.1) is 18.3 Å². The first-order valence-electron chi connectivity index (χ1n) is 5.84. The molecule has 0 bridgehead atoms. The molecule has 94 valence electrons. The Morgan fingerprint density at radius 1 is 1.41 bits per heavy atom. The molecule has 0 aliphatic heterocycles. The lowest BCUT2D eigenvalue weighted by atomic mass is 10.1. The minimum atomic E-state index is -1.11. The zero-order valence-electron chi connectivity index (χ0n) is 9.74. The number of hydrogen-bond acceptors (Lipinski definition) is 2. The summed E-state index contributed by atoms with van der Waals surface area (Å²) in [5.74, 6) is 1.64. The Hall–Kier alpha value is -1.70. The summed E-state index contributed by atoms with van der Waals surface area (Å²) in [6.07, 6.45) is 9.71. The Labute approximate surface area is 101 Å². The van der Waals surface area contributed by atoms with E-state index in [1.807, 2.05) is 0 Å². The molecule has 17 heavy (non-hydrogen) atoms. The van der Waals surface area contributed by atoms with Gasteiger partial charge in [-0.1, -0.05) is 12.8 Å². The highest BCUT2D eigenvalue weighted by molar-refractivity contribution is 5.82. The molecule has 1 atom stereocenters. The molecule has 0 aromatic carbocycles. The first-order valence-corrected chi connectivity index (χ1v) is 5.84. The monoisotopic (exact) mass is 238 g/mol. The van der Waals surface area contributed by atoms with Crippen LogP contribution in [0.3, 0.4) is 0 Å². The summed E-state index contributed by atoms with van der Waals surface area (Å²) >= 11 is 0. The average Bonchev–Trinajstić information content (AvgIpc) is 2.78. The molecule has 1 rings (SSSR count). The van der Waals surface area contributed by atoms with E-state index >= 15 is 0 Å². The molecule has 5 heteroatoms. The number of carboxylic acids is 1. The molecule has 1 aliphatic rings. The molecule has 2 amide bonds. The van der Waals surface area contributed by atoms with Gasteiger partial charge in [-0.25, -0.2) is 9.59 Å². The molecule has 0 aromatic rings. The minimum absolute atomic E-state index is 0.00776. The van der Waals surface area contributed by atoms with Crippen molar-refractivity contribution in [3.63, 3.8) is 0 Å². The maximum Gasteiger partial charge on any atom is 0.327 e. The standard InChI is InChI=1S/C12H18N2O3/c1-2-5-10(11(15)16)14-12(17)13-8-9-6-3-4-7-9/h1,9-10H,3-8H2,(H,15,16)(H2,13,14,17). The van der Waals surface area contributed by atoms with Gasteiger partial charge < -0.3 is 15.7 Å². The summed E-state index contributed by atoms with van der Waals surface area (Å²) < 4.78 is 0. The van der Waals surface area contributed by atoms with E-state index in [2.05, 4.69) is 16.6 Å². The number of carboxylic acid groups (broad SMARTS) is 1. The Morgan fingerprint density at radius 2 is 2.06 bits per heavy atom. The summed E-state index contributed by atoms with van der Waals surface area (Å²) in [6.45, 7) is 0.605. The second-order valence-corrected chi connectivity index (χ2v) is 4.30. The van der Waals surface area contributed by atoms with Gasteiger partial charge in [0.2, 0.25) is 0 Å². The maximum atomic E-state index is 11.4. The lowest BCUT2D eigenvalue weighted by Crippen LogP contribution is -2.46. The average molecular weight is 238 g/mol. The fourth-order valence-electron chi connectivity index (χ4n) is 1.98. The number of terminal acetylenes is 1. The molecule has 1 unspecified atom stereocenters. The Balaban J connectivity index is 2.26. The lowest BCUT2D eigenvalue weighted by Gasteiger charge is -2.14. The van der Waals surface area contributed by atoms with Crippen molar-refractivity contribution in [2.75, 3.05) is 6.54 Å². The van der Waals surface area contributed by atoms with Crippen LogP contribution in [-0.2, 0) is 4.79 Å². The molecule has 0 aromatic heterocycles. The zero-order valence-corrected chi connectivity index (χ0v) is 9.74. The third-order valence-corrected chi connectivity index (χ3v) is 2.95. The molecular weight excluding hydrogens is 220 g/mol. The number of carbonyl (C=O) groups is 2. The molecule has 5 nitrogen and oxygen atoms in total. The highest BCUT2D eigenvalue weighted by atomic mass is 16.4. The molecule has 1 fully saturated rings. The van der Waals surface area contributed by atoms with Gasteiger partial charge in [-0.05, 0) is 18.8 Å². The van der Waals surface area contributed by atoms with Crippen molar-refractivity contribution in [3.05, 3.63) is 0 Å². The van der Waals surface area contributed by atoms with Crippen molar-refractivity contribution in [2.45, 2.75) is 38.1 Å². The largest absolute Gasteiger partial charge is 0.480 e. The summed E-state index contributed by atoms with van der Waals surface area (Å²) in [4.78, 5) is 22.2. The Morgan fingerprint density at radius 3 is 2.59 bits per heavy atom. The summed E-state index contributed by atoms with van der Waals surface area (Å²) in [7, 11) is 0. The predicted octanol–water partition coefficient (Wildman–Crippen LogP) is 0.952. The molecule has 0 saturated heterocycles. The van der Waals surface area contributed by atoms with E-state index in [0.29, 0.717) is 12.5 Å². The van der Waals surface area contributed by atoms with E-state index in [4.69, 9.17) is 11.5 Å². The number of rotatable bonds is 5. The number of urea groups is 1. The van der Waals surface area contributed by atoms with Crippen LogP contribution in [0.15, 0.2) is 0 Å². The van der Waals surface area contributed by atoms with Gasteiger partial charge in [-0.15, -0.1) is 12.3 Å². The molecule has 0 spiro atoms. The SMILES string of the molecule is C#CCC(NC(=O)NCC1CCCC1)C(=O)O. The quantitative estimate of drug-likeness (QED) is 0.624. The van der Waals surface area contributed by atoms with Gasteiger partial charge in [0.05, 0.1) is 0 Å². The van der Waals surface area contributed by atoms with Crippen molar-refractivity contribution >= 4 is 12.0 Å². The third-order valence-electron chi connectivity index (χ3n) is 2.95. The van der Waals surface area contributed by atoms with Gasteiger partial charge in [-0.3, -0.25) is 0 Å². The molecule has 1 aliphatic carbocycles. The summed E-state index contributed by atoms with van der Waals surface area (Å²) in [6, 6.07) is -1.47. The van der Waals surface area contributed by atoms with E-state index in [1.54, 1.807) is 0 Å². The molecule has 1 saturated carbocycles. The lowest BCUT2D eigenvalue weighted by molar-refractivity contribution is -0.139. The van der Waals surface area contributed by atoms with Gasteiger partial charge in [0.25, 0.3) is 0 Å². The zero-order chi connectivity index (χ0) is 12.7. The topological polar surface area (TPSA) is 78.4 Å². The van der Waals surface area contributed by atoms with E-state index in [1.165, 1.54) is 12.8 Å². The van der Waals surface area contributed by atoms with Crippen LogP contribution in [0.5, 0.6) is 0 Å². The van der Waals surface area contributed by atoms with Crippen LogP contribution in [0.1, 0.15) is 32.1 Å². The minimum Gasteiger partial charge on any atom is -0.480 e. The first-order chi connectivity index (χ1) is 8.13.